The molecule has 0 fully saturated rings. The zero-order valence-corrected chi connectivity index (χ0v) is 15.1. The zero-order chi connectivity index (χ0) is 20.3. The van der Waals surface area contributed by atoms with Crippen LogP contribution in [0.4, 0.5) is 0 Å². The fraction of sp³-hybridized carbons (Fsp3) is 0.643. The predicted molar refractivity (Wildman–Crippen MR) is 93.2 cm³/mol. The lowest BCUT2D eigenvalue weighted by Crippen LogP contribution is -2.55. The first-order valence-corrected chi connectivity index (χ1v) is 9.06. The SMILES string of the molecule is CSCCC(NC(=O)C(N)CC(=O)O)C(=O)NC(CCC(N)=O)C(=O)O. The highest BCUT2D eigenvalue weighted by atomic mass is 32.2. The summed E-state index contributed by atoms with van der Waals surface area (Å²) in [5.41, 5.74) is 10.4. The van der Waals surface area contributed by atoms with Crippen LogP contribution in [0, 0.1) is 0 Å². The lowest BCUT2D eigenvalue weighted by atomic mass is 10.1. The first-order chi connectivity index (χ1) is 12.1. The van der Waals surface area contributed by atoms with E-state index in [1.807, 2.05) is 0 Å². The van der Waals surface area contributed by atoms with Crippen LogP contribution in [0.2, 0.25) is 0 Å². The third kappa shape index (κ3) is 9.84. The van der Waals surface area contributed by atoms with Gasteiger partial charge in [0.1, 0.15) is 12.1 Å². The normalized spacial score (nSPS) is 13.9. The molecule has 3 unspecified atom stereocenters. The van der Waals surface area contributed by atoms with Gasteiger partial charge < -0.3 is 32.3 Å². The van der Waals surface area contributed by atoms with E-state index in [1.54, 1.807) is 6.26 Å². The Kier molecular flexibility index (Phi) is 11.0. The molecule has 12 heteroatoms. The molecule has 0 spiro atoms. The summed E-state index contributed by atoms with van der Waals surface area (Å²) in [6, 6.07) is -3.79. The van der Waals surface area contributed by atoms with Crippen LogP contribution >= 0.6 is 11.8 Å². The minimum absolute atomic E-state index is 0.181. The molecule has 26 heavy (non-hydrogen) atoms. The van der Waals surface area contributed by atoms with Gasteiger partial charge in [-0.2, -0.15) is 11.8 Å². The van der Waals surface area contributed by atoms with E-state index >= 15 is 0 Å². The lowest BCUT2D eigenvalue weighted by Gasteiger charge is -2.22. The van der Waals surface area contributed by atoms with Crippen molar-refractivity contribution in [3.05, 3.63) is 0 Å². The third-order valence-electron chi connectivity index (χ3n) is 3.27. The molecule has 0 heterocycles. The maximum absolute atomic E-state index is 12.3. The van der Waals surface area contributed by atoms with Gasteiger partial charge in [0.2, 0.25) is 17.7 Å². The Balaban J connectivity index is 4.99. The van der Waals surface area contributed by atoms with Gasteiger partial charge in [0.05, 0.1) is 12.5 Å². The number of nitrogens with one attached hydrogen (secondary N) is 2. The summed E-state index contributed by atoms with van der Waals surface area (Å²) in [7, 11) is 0. The van der Waals surface area contributed by atoms with Gasteiger partial charge in [-0.25, -0.2) is 4.79 Å². The monoisotopic (exact) mass is 392 g/mol. The van der Waals surface area contributed by atoms with E-state index in [0.29, 0.717) is 5.75 Å². The Morgan fingerprint density at radius 1 is 1.00 bits per heavy atom. The van der Waals surface area contributed by atoms with Crippen molar-refractivity contribution in [3.63, 3.8) is 0 Å². The van der Waals surface area contributed by atoms with Gasteiger partial charge in [-0.1, -0.05) is 0 Å². The van der Waals surface area contributed by atoms with Crippen molar-refractivity contribution in [1.29, 1.82) is 0 Å². The molecule has 148 valence electrons. The Morgan fingerprint density at radius 2 is 1.58 bits per heavy atom. The molecule has 3 amide bonds. The summed E-state index contributed by atoms with van der Waals surface area (Å²) in [6.45, 7) is 0. The van der Waals surface area contributed by atoms with Gasteiger partial charge in [-0.05, 0) is 24.9 Å². The first-order valence-electron chi connectivity index (χ1n) is 7.66. The quantitative estimate of drug-likeness (QED) is 0.202. The molecule has 0 rings (SSSR count). The van der Waals surface area contributed by atoms with E-state index in [4.69, 9.17) is 21.7 Å². The number of carbonyl (C=O) groups excluding carboxylic acids is 3. The molecule has 3 atom stereocenters. The van der Waals surface area contributed by atoms with Crippen molar-refractivity contribution < 1.29 is 34.2 Å². The summed E-state index contributed by atoms with van der Waals surface area (Å²) in [5, 5.41) is 22.3. The maximum atomic E-state index is 12.3. The molecule has 0 radical (unpaired) electrons. The summed E-state index contributed by atoms with van der Waals surface area (Å²) in [6.07, 6.45) is 0.917. The second-order valence-electron chi connectivity index (χ2n) is 5.45. The van der Waals surface area contributed by atoms with Gasteiger partial charge in [0, 0.05) is 6.42 Å². The average Bonchev–Trinajstić information content (AvgIpc) is 2.53. The Hall–Kier alpha value is -2.34. The van der Waals surface area contributed by atoms with Crippen molar-refractivity contribution in [1.82, 2.24) is 10.6 Å². The fourth-order valence-corrected chi connectivity index (χ4v) is 2.35. The number of hydrogen-bond acceptors (Lipinski definition) is 7. The zero-order valence-electron chi connectivity index (χ0n) is 14.3. The molecule has 0 aromatic carbocycles. The third-order valence-corrected chi connectivity index (χ3v) is 3.91. The number of primary amides is 1. The van der Waals surface area contributed by atoms with Crippen LogP contribution in [0.15, 0.2) is 0 Å². The predicted octanol–water partition coefficient (Wildman–Crippen LogP) is -2.14. The van der Waals surface area contributed by atoms with Crippen molar-refractivity contribution in [2.24, 2.45) is 11.5 Å². The topological polar surface area (TPSA) is 202 Å². The first kappa shape index (κ1) is 23.7. The molecule has 0 bridgehead atoms. The van der Waals surface area contributed by atoms with Crippen molar-refractivity contribution >= 4 is 41.4 Å². The van der Waals surface area contributed by atoms with E-state index in [0.717, 1.165) is 0 Å². The number of thioether (sulfide) groups is 1. The second kappa shape index (κ2) is 12.1. The van der Waals surface area contributed by atoms with Crippen molar-refractivity contribution in [2.45, 2.75) is 43.8 Å². The number of hydrogen-bond donors (Lipinski definition) is 6. The number of nitrogens with two attached hydrogens (primary N) is 2. The molecule has 0 aliphatic heterocycles. The van der Waals surface area contributed by atoms with Crippen LogP contribution < -0.4 is 22.1 Å². The number of carboxylic acid groups (broad SMARTS) is 2. The molecule has 0 saturated heterocycles. The minimum Gasteiger partial charge on any atom is -0.481 e. The largest absolute Gasteiger partial charge is 0.481 e. The van der Waals surface area contributed by atoms with Crippen LogP contribution in [0.5, 0.6) is 0 Å². The number of carboxylic acids is 2. The summed E-state index contributed by atoms with van der Waals surface area (Å²) < 4.78 is 0. The standard InChI is InChI=1S/C14H24N4O7S/c1-26-5-4-8(17-12(22)7(15)6-11(20)21)13(23)18-9(14(24)25)2-3-10(16)19/h7-9H,2-6,15H2,1H3,(H2,16,19)(H,17,22)(H,18,23)(H,20,21)(H,24,25). The van der Waals surface area contributed by atoms with Crippen LogP contribution in [0.1, 0.15) is 25.7 Å². The second-order valence-corrected chi connectivity index (χ2v) is 6.44. The minimum atomic E-state index is -1.35. The molecular weight excluding hydrogens is 368 g/mol. The smallest absolute Gasteiger partial charge is 0.326 e. The van der Waals surface area contributed by atoms with Crippen molar-refractivity contribution in [3.8, 4) is 0 Å². The van der Waals surface area contributed by atoms with Gasteiger partial charge in [0.25, 0.3) is 0 Å². The number of rotatable bonds is 13. The maximum Gasteiger partial charge on any atom is 0.326 e. The molecule has 11 nitrogen and oxygen atoms in total. The van der Waals surface area contributed by atoms with Gasteiger partial charge in [-0.15, -0.1) is 0 Å². The number of carbonyl (C=O) groups is 5. The van der Waals surface area contributed by atoms with Crippen LogP contribution in [-0.2, 0) is 24.0 Å². The summed E-state index contributed by atoms with van der Waals surface area (Å²) >= 11 is 1.40. The van der Waals surface area contributed by atoms with Crippen LogP contribution in [0.25, 0.3) is 0 Å². The summed E-state index contributed by atoms with van der Waals surface area (Å²) in [5.74, 6) is -4.46. The van der Waals surface area contributed by atoms with Crippen LogP contribution in [0.3, 0.4) is 0 Å². The molecule has 0 saturated carbocycles. The van der Waals surface area contributed by atoms with Gasteiger partial charge in [-0.3, -0.25) is 19.2 Å². The lowest BCUT2D eigenvalue weighted by molar-refractivity contribution is -0.143. The van der Waals surface area contributed by atoms with Gasteiger partial charge in [0.15, 0.2) is 0 Å². The highest BCUT2D eigenvalue weighted by molar-refractivity contribution is 7.98. The molecule has 0 aliphatic carbocycles. The highest BCUT2D eigenvalue weighted by Gasteiger charge is 2.28. The van der Waals surface area contributed by atoms with Gasteiger partial charge >= 0.3 is 11.9 Å². The highest BCUT2D eigenvalue weighted by Crippen LogP contribution is 2.05. The molecule has 0 aliphatic rings. The Bertz CT molecular complexity index is 543. The van der Waals surface area contributed by atoms with E-state index in [1.165, 1.54) is 11.8 Å². The summed E-state index contributed by atoms with van der Waals surface area (Å²) in [4.78, 5) is 56.8. The fourth-order valence-electron chi connectivity index (χ4n) is 1.88. The van der Waals surface area contributed by atoms with Crippen molar-refractivity contribution in [2.75, 3.05) is 12.0 Å². The number of aliphatic carboxylic acids is 2. The Labute approximate surface area is 154 Å². The van der Waals surface area contributed by atoms with E-state index in [9.17, 15) is 24.0 Å². The molecule has 8 N–H and O–H groups in total. The van der Waals surface area contributed by atoms with E-state index < -0.39 is 54.2 Å². The van der Waals surface area contributed by atoms with Crippen LogP contribution in [-0.4, -0.2) is 70.0 Å². The molecular formula is C14H24N4O7S. The van der Waals surface area contributed by atoms with E-state index in [2.05, 4.69) is 10.6 Å². The molecule has 0 aromatic heterocycles. The molecule has 0 aromatic rings. The average molecular weight is 392 g/mol. The van der Waals surface area contributed by atoms with E-state index in [-0.39, 0.29) is 19.3 Å². The number of amides is 3. The Morgan fingerprint density at radius 3 is 2.04 bits per heavy atom.